The predicted molar refractivity (Wildman–Crippen MR) is 243 cm³/mol. The molecule has 3 aliphatic heterocycles. The Balaban J connectivity index is 1.71. The molecule has 0 radical (unpaired) electrons. The van der Waals surface area contributed by atoms with E-state index in [2.05, 4.69) is 0 Å². The van der Waals surface area contributed by atoms with E-state index >= 15 is 0 Å². The minimum atomic E-state index is -2.45. The summed E-state index contributed by atoms with van der Waals surface area (Å²) < 4.78 is 18.1. The van der Waals surface area contributed by atoms with Gasteiger partial charge < -0.3 is 44.0 Å². The molecule has 65 heavy (non-hydrogen) atoms. The number of cyclic esters (lactones) is 1. The Morgan fingerprint density at radius 1 is 0.908 bits per heavy atom. The second-order valence-corrected chi connectivity index (χ2v) is 19.6. The molecule has 14 nitrogen and oxygen atoms in total. The van der Waals surface area contributed by atoms with Crippen LogP contribution in [0.15, 0.2) is 47.6 Å². The zero-order valence-corrected chi connectivity index (χ0v) is 39.8. The maximum Gasteiger partial charge on any atom is 0.329 e. The van der Waals surface area contributed by atoms with Crippen LogP contribution in [0.2, 0.25) is 0 Å². The lowest BCUT2D eigenvalue weighted by molar-refractivity contribution is -0.265. The molecular formula is C51H75NO13. The average Bonchev–Trinajstić information content (AvgIpc) is 3.28. The van der Waals surface area contributed by atoms with E-state index in [1.54, 1.807) is 34.8 Å². The van der Waals surface area contributed by atoms with Crippen LogP contribution in [0, 0.1) is 47.3 Å². The van der Waals surface area contributed by atoms with Gasteiger partial charge in [0.1, 0.15) is 30.5 Å². The standard InChI is InChI=1S/C51H75NO13/c1-30-14-10-9-11-15-31(2)44(63-8)26-39-19-17-36(7)51(62,65-39)48(59)49(60)52-21-13-12-16-41(52)50(61)64-45(33(4)24-37-18-20-42(55)38(25-37)28-53)27-43(56)32(3)23-35(6)47(58)40(29-54)46(57)34(5)22-30/h9-11,14-15,23,28-30,33-42,44-45,47,55,58,62H,12-13,16-22,24-27H2,1-8H3/b11-9?,14-10?,31-15?,32-23+/t30-,33-,34-,35?,36-,37+,38+,39+,40+,41+,42-,44+,45+,47-,51-/m1/s1. The van der Waals surface area contributed by atoms with Crippen LogP contribution in [-0.2, 0) is 47.8 Å². The summed E-state index contributed by atoms with van der Waals surface area (Å²) in [5, 5.41) is 33.6. The monoisotopic (exact) mass is 910 g/mol. The van der Waals surface area contributed by atoms with E-state index in [4.69, 9.17) is 14.2 Å². The fourth-order valence-corrected chi connectivity index (χ4v) is 10.1. The van der Waals surface area contributed by atoms with Gasteiger partial charge in [0.2, 0.25) is 5.79 Å². The number of fused-ring (bicyclic) bond motifs is 3. The van der Waals surface area contributed by atoms with Gasteiger partial charge in [0, 0.05) is 50.2 Å². The van der Waals surface area contributed by atoms with Crippen LogP contribution in [0.25, 0.3) is 0 Å². The highest BCUT2D eigenvalue weighted by Gasteiger charge is 2.53. The molecule has 0 aromatic heterocycles. The first-order valence-electron chi connectivity index (χ1n) is 23.8. The van der Waals surface area contributed by atoms with Crippen molar-refractivity contribution >= 4 is 41.8 Å². The maximum absolute atomic E-state index is 14.3. The van der Waals surface area contributed by atoms with Gasteiger partial charge in [-0.1, -0.05) is 71.1 Å². The normalized spacial score (nSPS) is 38.5. The number of methoxy groups -OCH3 is 1. The lowest BCUT2D eigenvalue weighted by Crippen LogP contribution is -2.61. The number of amides is 1. The molecule has 0 aromatic rings. The molecule has 0 spiro atoms. The predicted octanol–water partition coefficient (Wildman–Crippen LogP) is 5.78. The van der Waals surface area contributed by atoms with E-state index in [0.717, 1.165) is 16.8 Å². The van der Waals surface area contributed by atoms with E-state index in [9.17, 15) is 48.9 Å². The summed E-state index contributed by atoms with van der Waals surface area (Å²) >= 11 is 0. The van der Waals surface area contributed by atoms with Crippen LogP contribution < -0.4 is 0 Å². The maximum atomic E-state index is 14.3. The van der Waals surface area contributed by atoms with Crippen molar-refractivity contribution in [2.45, 2.75) is 168 Å². The molecule has 1 unspecified atom stereocenters. The lowest BCUT2D eigenvalue weighted by Gasteiger charge is -2.42. The van der Waals surface area contributed by atoms with Crippen LogP contribution in [0.4, 0.5) is 0 Å². The zero-order chi connectivity index (χ0) is 48.2. The van der Waals surface area contributed by atoms with Crippen molar-refractivity contribution < 1.29 is 63.1 Å². The molecule has 1 saturated carbocycles. The third-order valence-electron chi connectivity index (χ3n) is 14.5. The second kappa shape index (κ2) is 24.7. The van der Waals surface area contributed by atoms with Gasteiger partial charge in [-0.2, -0.15) is 0 Å². The SMILES string of the molecule is CO[C@H]1C[C@@H]2CC[C@@H](C)[C@@](O)(O2)C(=O)C(=O)N2CCCC[C@H]2C(=O)O[C@H]([C@H](C)C[C@@H]2CC[C@@H](O)[C@H](C=O)C2)CC(=O)/C(C)=C/C(C)[C@@H](O)[C@@H](C=O)C(=O)[C@H](C)C[C@H](C)C=CC=CC=C1C. The first-order valence-corrected chi connectivity index (χ1v) is 23.8. The summed E-state index contributed by atoms with van der Waals surface area (Å²) in [6.07, 6.45) is 12.3. The van der Waals surface area contributed by atoms with Gasteiger partial charge in [0.25, 0.3) is 11.7 Å². The number of rotatable bonds is 6. The molecule has 4 rings (SSSR count). The van der Waals surface area contributed by atoms with Crippen molar-refractivity contribution in [2.24, 2.45) is 47.3 Å². The summed E-state index contributed by atoms with van der Waals surface area (Å²) in [5.41, 5.74) is 1.08. The molecule has 2 bridgehead atoms. The Hall–Kier alpha value is -3.95. The first kappa shape index (κ1) is 53.7. The Bertz CT molecular complexity index is 1820. The molecule has 4 aliphatic rings. The minimum absolute atomic E-state index is 0.0126. The highest BCUT2D eigenvalue weighted by molar-refractivity contribution is 6.39. The molecular weight excluding hydrogens is 835 g/mol. The van der Waals surface area contributed by atoms with Gasteiger partial charge in [0.05, 0.1) is 30.3 Å². The summed E-state index contributed by atoms with van der Waals surface area (Å²) in [4.78, 5) is 95.5. The van der Waals surface area contributed by atoms with E-state index in [-0.39, 0.29) is 36.8 Å². The van der Waals surface area contributed by atoms with Crippen molar-refractivity contribution in [3.63, 3.8) is 0 Å². The average molecular weight is 910 g/mol. The summed E-state index contributed by atoms with van der Waals surface area (Å²) in [6, 6.07) is -1.19. The van der Waals surface area contributed by atoms with Gasteiger partial charge in [0.15, 0.2) is 5.78 Å². The number of ketones is 3. The van der Waals surface area contributed by atoms with Crippen LogP contribution >= 0.6 is 0 Å². The fraction of sp³-hybridized carbons (Fsp3) is 0.706. The molecule has 14 heteroatoms. The third-order valence-corrected chi connectivity index (χ3v) is 14.5. The van der Waals surface area contributed by atoms with Crippen LogP contribution in [-0.4, -0.2) is 118 Å². The molecule has 0 aromatic carbocycles. The highest BCUT2D eigenvalue weighted by Crippen LogP contribution is 2.38. The Morgan fingerprint density at radius 2 is 1.63 bits per heavy atom. The number of allylic oxidation sites excluding steroid dienone is 6. The highest BCUT2D eigenvalue weighted by atomic mass is 16.6. The van der Waals surface area contributed by atoms with Crippen LogP contribution in [0.5, 0.6) is 0 Å². The molecule has 3 heterocycles. The van der Waals surface area contributed by atoms with Gasteiger partial charge in [-0.3, -0.25) is 19.2 Å². The number of carbonyl (C=O) groups excluding carboxylic acids is 7. The smallest absolute Gasteiger partial charge is 0.329 e. The fourth-order valence-electron chi connectivity index (χ4n) is 10.1. The van der Waals surface area contributed by atoms with Gasteiger partial charge in [-0.15, -0.1) is 0 Å². The topological polar surface area (TPSA) is 211 Å². The lowest BCUT2D eigenvalue weighted by atomic mass is 9.75. The quantitative estimate of drug-likeness (QED) is 0.125. The van der Waals surface area contributed by atoms with Gasteiger partial charge >= 0.3 is 5.97 Å². The number of aliphatic hydroxyl groups is 3. The van der Waals surface area contributed by atoms with E-state index in [1.807, 2.05) is 51.2 Å². The molecule has 3 fully saturated rings. The molecule has 15 atom stereocenters. The molecule has 3 N–H and O–H groups in total. The van der Waals surface area contributed by atoms with E-state index < -0.39 is 107 Å². The zero-order valence-electron chi connectivity index (χ0n) is 39.8. The van der Waals surface area contributed by atoms with E-state index in [0.29, 0.717) is 70.5 Å². The van der Waals surface area contributed by atoms with Crippen molar-refractivity contribution in [1.82, 2.24) is 4.90 Å². The van der Waals surface area contributed by atoms with Gasteiger partial charge in [-0.25, -0.2) is 4.79 Å². The first-order chi connectivity index (χ1) is 30.7. The Morgan fingerprint density at radius 3 is 2.31 bits per heavy atom. The van der Waals surface area contributed by atoms with E-state index in [1.165, 1.54) is 6.08 Å². The molecule has 2 saturated heterocycles. The Labute approximate surface area is 385 Å². The van der Waals surface area contributed by atoms with Crippen molar-refractivity contribution in [2.75, 3.05) is 13.7 Å². The number of piperidine rings is 1. The van der Waals surface area contributed by atoms with Crippen molar-refractivity contribution in [3.8, 4) is 0 Å². The van der Waals surface area contributed by atoms with Crippen LogP contribution in [0.1, 0.15) is 126 Å². The molecule has 1 amide bonds. The molecule has 362 valence electrons. The molecule has 1 aliphatic carbocycles. The number of hydrogen-bond acceptors (Lipinski definition) is 13. The number of aliphatic hydroxyl groups excluding tert-OH is 2. The summed E-state index contributed by atoms with van der Waals surface area (Å²) in [6.45, 7) is 12.3. The van der Waals surface area contributed by atoms with Crippen molar-refractivity contribution in [1.29, 1.82) is 0 Å². The number of carbonyl (C=O) groups is 7. The third kappa shape index (κ3) is 14.0. The largest absolute Gasteiger partial charge is 0.460 e. The summed E-state index contributed by atoms with van der Waals surface area (Å²) in [7, 11) is 1.56. The summed E-state index contributed by atoms with van der Waals surface area (Å²) in [5.74, 6) is -10.7. The minimum Gasteiger partial charge on any atom is -0.460 e. The van der Waals surface area contributed by atoms with Crippen LogP contribution in [0.3, 0.4) is 0 Å². The number of Topliss-reactive ketones (excluding diaryl/α,β-unsaturated/α-hetero) is 3. The van der Waals surface area contributed by atoms with Gasteiger partial charge in [-0.05, 0) is 107 Å². The number of nitrogens with zero attached hydrogens (tertiary/aromatic N) is 1. The Kier molecular flexibility index (Phi) is 20.4. The second-order valence-electron chi connectivity index (χ2n) is 19.6. The number of esters is 1. The van der Waals surface area contributed by atoms with Crippen molar-refractivity contribution in [3.05, 3.63) is 47.6 Å². The number of ether oxygens (including phenoxy) is 3. The number of hydrogen-bond donors (Lipinski definition) is 3. The number of aldehydes is 2.